The van der Waals surface area contributed by atoms with Gasteiger partial charge in [0.05, 0.1) is 6.07 Å². The molecule has 1 saturated carbocycles. The van der Waals surface area contributed by atoms with Crippen molar-refractivity contribution in [2.45, 2.75) is 31.3 Å². The fourth-order valence-corrected chi connectivity index (χ4v) is 1.67. The van der Waals surface area contributed by atoms with Crippen molar-refractivity contribution in [3.05, 3.63) is 0 Å². The third-order valence-electron chi connectivity index (χ3n) is 2.54. The molecule has 0 bridgehead atoms. The molecule has 1 aliphatic carbocycles. The summed E-state index contributed by atoms with van der Waals surface area (Å²) in [5.74, 6) is 0.531. The van der Waals surface area contributed by atoms with Crippen LogP contribution in [-0.4, -0.2) is 24.4 Å². The molecule has 0 aromatic rings. The molecule has 1 fully saturated rings. The maximum absolute atomic E-state index is 9.56. The molecule has 1 aliphatic rings. The fraction of sp³-hybridized carbons (Fsp3) is 0.889. The van der Waals surface area contributed by atoms with Gasteiger partial charge in [-0.25, -0.2) is 0 Å². The van der Waals surface area contributed by atoms with Crippen molar-refractivity contribution in [1.82, 2.24) is 0 Å². The summed E-state index contributed by atoms with van der Waals surface area (Å²) >= 11 is 0. The van der Waals surface area contributed by atoms with E-state index in [4.69, 9.17) is 10.00 Å². The van der Waals surface area contributed by atoms with Crippen molar-refractivity contribution in [3.8, 4) is 6.07 Å². The molecule has 0 aromatic carbocycles. The van der Waals surface area contributed by atoms with E-state index in [0.29, 0.717) is 18.8 Å². The predicted octanol–water partition coefficient (Wildman–Crippen LogP) is 1.08. The summed E-state index contributed by atoms with van der Waals surface area (Å²) in [5, 5.41) is 18.2. The molecule has 0 atom stereocenters. The lowest BCUT2D eigenvalue weighted by atomic mass is 9.80. The Balaban J connectivity index is 2.35. The highest BCUT2D eigenvalue weighted by Crippen LogP contribution is 2.31. The quantitative estimate of drug-likeness (QED) is 0.629. The maximum atomic E-state index is 9.56. The number of nitrogens with zero attached hydrogens (tertiary/aromatic N) is 1. The van der Waals surface area contributed by atoms with Crippen LogP contribution in [0.3, 0.4) is 0 Å². The fourth-order valence-electron chi connectivity index (χ4n) is 1.67. The van der Waals surface area contributed by atoms with Crippen molar-refractivity contribution in [2.75, 3.05) is 13.7 Å². The first-order chi connectivity index (χ1) is 5.70. The van der Waals surface area contributed by atoms with Gasteiger partial charge in [-0.3, -0.25) is 0 Å². The van der Waals surface area contributed by atoms with Gasteiger partial charge in [0.2, 0.25) is 0 Å². The first-order valence-electron chi connectivity index (χ1n) is 4.33. The summed E-state index contributed by atoms with van der Waals surface area (Å²) in [6.45, 7) is 0.751. The van der Waals surface area contributed by atoms with E-state index in [0.717, 1.165) is 19.4 Å². The van der Waals surface area contributed by atoms with Crippen molar-refractivity contribution in [1.29, 1.82) is 5.26 Å². The molecule has 1 rings (SSSR count). The number of ether oxygens (including phenoxy) is 1. The van der Waals surface area contributed by atoms with Gasteiger partial charge in [0.15, 0.2) is 5.60 Å². The Morgan fingerprint density at radius 3 is 2.58 bits per heavy atom. The van der Waals surface area contributed by atoms with E-state index in [-0.39, 0.29) is 0 Å². The van der Waals surface area contributed by atoms with Gasteiger partial charge in [0.1, 0.15) is 0 Å². The number of hydrogen-bond donors (Lipinski definition) is 1. The van der Waals surface area contributed by atoms with Gasteiger partial charge >= 0.3 is 0 Å². The van der Waals surface area contributed by atoms with E-state index < -0.39 is 5.60 Å². The molecule has 0 radical (unpaired) electrons. The monoisotopic (exact) mass is 169 g/mol. The highest BCUT2D eigenvalue weighted by atomic mass is 16.5. The second-order valence-electron chi connectivity index (χ2n) is 3.54. The normalized spacial score (nSPS) is 35.9. The zero-order valence-electron chi connectivity index (χ0n) is 7.42. The minimum Gasteiger partial charge on any atom is -0.384 e. The number of hydrogen-bond acceptors (Lipinski definition) is 3. The highest BCUT2D eigenvalue weighted by molar-refractivity contribution is 5.02. The van der Waals surface area contributed by atoms with Crippen LogP contribution in [0.1, 0.15) is 25.7 Å². The molecular formula is C9H15NO2. The predicted molar refractivity (Wildman–Crippen MR) is 44.4 cm³/mol. The largest absolute Gasteiger partial charge is 0.384 e. The number of methoxy groups -OCH3 is 1. The van der Waals surface area contributed by atoms with Gasteiger partial charge in [-0.05, 0) is 31.6 Å². The van der Waals surface area contributed by atoms with E-state index >= 15 is 0 Å². The van der Waals surface area contributed by atoms with Gasteiger partial charge in [-0.2, -0.15) is 5.26 Å². The molecule has 12 heavy (non-hydrogen) atoms. The van der Waals surface area contributed by atoms with Crippen LogP contribution in [0.15, 0.2) is 0 Å². The van der Waals surface area contributed by atoms with Gasteiger partial charge < -0.3 is 9.84 Å². The van der Waals surface area contributed by atoms with Gasteiger partial charge in [-0.15, -0.1) is 0 Å². The Morgan fingerprint density at radius 1 is 1.58 bits per heavy atom. The van der Waals surface area contributed by atoms with E-state index in [1.165, 1.54) is 0 Å². The lowest BCUT2D eigenvalue weighted by Gasteiger charge is -2.30. The summed E-state index contributed by atoms with van der Waals surface area (Å²) in [4.78, 5) is 0. The van der Waals surface area contributed by atoms with Crippen LogP contribution in [0.25, 0.3) is 0 Å². The van der Waals surface area contributed by atoms with Gasteiger partial charge in [0.25, 0.3) is 0 Å². The summed E-state index contributed by atoms with van der Waals surface area (Å²) < 4.78 is 5.02. The molecule has 0 aromatic heterocycles. The van der Waals surface area contributed by atoms with Gasteiger partial charge in [-0.1, -0.05) is 0 Å². The molecule has 0 saturated heterocycles. The van der Waals surface area contributed by atoms with Crippen LogP contribution < -0.4 is 0 Å². The highest BCUT2D eigenvalue weighted by Gasteiger charge is 2.32. The topological polar surface area (TPSA) is 53.2 Å². The molecule has 3 heteroatoms. The van der Waals surface area contributed by atoms with Crippen LogP contribution in [0, 0.1) is 17.2 Å². The number of aliphatic hydroxyl groups is 1. The SMILES string of the molecule is COCC1CCC(O)(C#N)CC1. The third kappa shape index (κ3) is 2.20. The summed E-state index contributed by atoms with van der Waals surface area (Å²) in [5.41, 5.74) is -1.05. The molecule has 0 amide bonds. The lowest BCUT2D eigenvalue weighted by molar-refractivity contribution is 0.0241. The van der Waals surface area contributed by atoms with Crippen molar-refractivity contribution in [2.24, 2.45) is 5.92 Å². The molecule has 0 unspecified atom stereocenters. The van der Waals surface area contributed by atoms with Crippen LogP contribution in [0.5, 0.6) is 0 Å². The van der Waals surface area contributed by atoms with E-state index in [1.54, 1.807) is 7.11 Å². The first-order valence-corrected chi connectivity index (χ1v) is 4.33. The van der Waals surface area contributed by atoms with Crippen molar-refractivity contribution in [3.63, 3.8) is 0 Å². The summed E-state index contributed by atoms with van der Waals surface area (Å²) in [6, 6.07) is 1.96. The van der Waals surface area contributed by atoms with Crippen molar-refractivity contribution < 1.29 is 9.84 Å². The van der Waals surface area contributed by atoms with Crippen LogP contribution in [-0.2, 0) is 4.74 Å². The van der Waals surface area contributed by atoms with Crippen molar-refractivity contribution >= 4 is 0 Å². The van der Waals surface area contributed by atoms with Crippen LogP contribution >= 0.6 is 0 Å². The molecular weight excluding hydrogens is 154 g/mol. The first kappa shape index (κ1) is 9.50. The van der Waals surface area contributed by atoms with Crippen LogP contribution in [0.2, 0.25) is 0 Å². The molecule has 1 N–H and O–H groups in total. The third-order valence-corrected chi connectivity index (χ3v) is 2.54. The van der Waals surface area contributed by atoms with E-state index in [9.17, 15) is 5.11 Å². The molecule has 0 heterocycles. The molecule has 0 spiro atoms. The molecule has 3 nitrogen and oxygen atoms in total. The molecule has 0 aliphatic heterocycles. The maximum Gasteiger partial charge on any atom is 0.151 e. The summed E-state index contributed by atoms with van der Waals surface area (Å²) in [6.07, 6.45) is 2.99. The average molecular weight is 169 g/mol. The Morgan fingerprint density at radius 2 is 2.17 bits per heavy atom. The average Bonchev–Trinajstić information content (AvgIpc) is 2.10. The van der Waals surface area contributed by atoms with E-state index in [2.05, 4.69) is 0 Å². The Hall–Kier alpha value is -0.590. The Labute approximate surface area is 73.0 Å². The second-order valence-corrected chi connectivity index (χ2v) is 3.54. The minimum absolute atomic E-state index is 0.531. The Kier molecular flexibility index (Phi) is 3.07. The lowest BCUT2D eigenvalue weighted by Crippen LogP contribution is -2.33. The molecule has 68 valence electrons. The Bertz CT molecular complexity index is 177. The zero-order chi connectivity index (χ0) is 9.03. The zero-order valence-corrected chi connectivity index (χ0v) is 7.42. The van der Waals surface area contributed by atoms with Gasteiger partial charge in [0, 0.05) is 13.7 Å². The standard InChI is InChI=1S/C9H15NO2/c1-12-6-8-2-4-9(11,7-10)5-3-8/h8,11H,2-6H2,1H3. The van der Waals surface area contributed by atoms with Crippen LogP contribution in [0.4, 0.5) is 0 Å². The second kappa shape index (κ2) is 3.88. The van der Waals surface area contributed by atoms with E-state index in [1.807, 2.05) is 6.07 Å². The summed E-state index contributed by atoms with van der Waals surface area (Å²) in [7, 11) is 1.69. The minimum atomic E-state index is -1.05. The smallest absolute Gasteiger partial charge is 0.151 e. The number of nitriles is 1. The number of rotatable bonds is 2.